The molecule has 1 aromatic carbocycles. The van der Waals surface area contributed by atoms with Gasteiger partial charge < -0.3 is 14.8 Å². The first-order chi connectivity index (χ1) is 10.9. The summed E-state index contributed by atoms with van der Waals surface area (Å²) in [5.74, 6) is -0.343. The highest BCUT2D eigenvalue weighted by Gasteiger charge is 2.21. The minimum absolute atomic E-state index is 0.406. The summed E-state index contributed by atoms with van der Waals surface area (Å²) in [4.78, 5) is 24.8. The Morgan fingerprint density at radius 1 is 1.22 bits per heavy atom. The Hall–Kier alpha value is -2.34. The highest BCUT2D eigenvalue weighted by atomic mass is 32.1. The van der Waals surface area contributed by atoms with Gasteiger partial charge in [0, 0.05) is 0 Å². The van der Waals surface area contributed by atoms with Crippen LogP contribution in [0.4, 0.5) is 5.69 Å². The summed E-state index contributed by atoms with van der Waals surface area (Å²) >= 11 is 1.30. The Labute approximate surface area is 139 Å². The maximum atomic E-state index is 12.2. The van der Waals surface area contributed by atoms with E-state index >= 15 is 0 Å². The fourth-order valence-corrected chi connectivity index (χ4v) is 2.81. The number of rotatable bonds is 5. The number of ether oxygens (including phenoxy) is 2. The molecule has 1 aromatic heterocycles. The molecule has 0 fully saturated rings. The van der Waals surface area contributed by atoms with Crippen molar-refractivity contribution in [3.63, 3.8) is 0 Å². The van der Waals surface area contributed by atoms with E-state index in [2.05, 4.69) is 5.32 Å². The molecule has 0 bridgehead atoms. The molecule has 0 saturated carbocycles. The Morgan fingerprint density at radius 3 is 2.57 bits per heavy atom. The Morgan fingerprint density at radius 2 is 1.96 bits per heavy atom. The van der Waals surface area contributed by atoms with Gasteiger partial charge in [0.05, 0.1) is 12.8 Å². The minimum Gasteiger partial charge on any atom is -0.495 e. The van der Waals surface area contributed by atoms with Crippen LogP contribution < -0.4 is 10.1 Å². The lowest BCUT2D eigenvalue weighted by Crippen LogP contribution is -2.30. The maximum Gasteiger partial charge on any atom is 0.349 e. The normalized spacial score (nSPS) is 11.7. The van der Waals surface area contributed by atoms with E-state index in [1.54, 1.807) is 19.1 Å². The van der Waals surface area contributed by atoms with Crippen LogP contribution in [0.15, 0.2) is 29.6 Å². The van der Waals surface area contributed by atoms with Crippen LogP contribution in [0.5, 0.6) is 5.75 Å². The van der Waals surface area contributed by atoms with Crippen molar-refractivity contribution in [2.45, 2.75) is 26.9 Å². The van der Waals surface area contributed by atoms with Gasteiger partial charge in [-0.1, -0.05) is 6.07 Å². The van der Waals surface area contributed by atoms with Crippen LogP contribution in [0.3, 0.4) is 0 Å². The smallest absolute Gasteiger partial charge is 0.349 e. The van der Waals surface area contributed by atoms with Crippen molar-refractivity contribution in [1.29, 1.82) is 0 Å². The van der Waals surface area contributed by atoms with E-state index in [1.807, 2.05) is 31.4 Å². The Kier molecular flexibility index (Phi) is 5.39. The zero-order valence-corrected chi connectivity index (χ0v) is 14.3. The van der Waals surface area contributed by atoms with Gasteiger partial charge in [0.15, 0.2) is 6.10 Å². The molecular weight excluding hydrogens is 314 g/mol. The predicted octanol–water partition coefficient (Wildman–Crippen LogP) is 3.56. The summed E-state index contributed by atoms with van der Waals surface area (Å²) in [5, 5.41) is 4.54. The number of carbonyl (C=O) groups excluding carboxylic acids is 2. The van der Waals surface area contributed by atoms with Gasteiger partial charge in [-0.3, -0.25) is 4.79 Å². The summed E-state index contributed by atoms with van der Waals surface area (Å²) in [6.45, 7) is 5.28. The molecule has 122 valence electrons. The summed E-state index contributed by atoms with van der Waals surface area (Å²) in [5.41, 5.74) is 2.38. The fraction of sp³-hybridized carbons (Fsp3) is 0.294. The molecule has 0 saturated heterocycles. The van der Waals surface area contributed by atoms with Crippen LogP contribution in [-0.2, 0) is 9.53 Å². The average Bonchev–Trinajstić information content (AvgIpc) is 2.93. The first kappa shape index (κ1) is 17.0. The molecular formula is C17H19NO4S. The van der Waals surface area contributed by atoms with Crippen LogP contribution in [0.1, 0.15) is 27.7 Å². The number of nitrogens with one attached hydrogen (secondary N) is 1. The van der Waals surface area contributed by atoms with Crippen molar-refractivity contribution < 1.29 is 19.1 Å². The number of esters is 1. The molecule has 23 heavy (non-hydrogen) atoms. The molecule has 1 heterocycles. The number of methoxy groups -OCH3 is 1. The molecule has 2 rings (SSSR count). The number of aryl methyl sites for hydroxylation is 2. The average molecular weight is 333 g/mol. The molecule has 1 atom stereocenters. The van der Waals surface area contributed by atoms with Gasteiger partial charge in [-0.05, 0) is 55.5 Å². The van der Waals surface area contributed by atoms with Crippen LogP contribution in [-0.4, -0.2) is 25.1 Å². The molecule has 1 N–H and O–H groups in total. The lowest BCUT2D eigenvalue weighted by Gasteiger charge is -2.15. The highest BCUT2D eigenvalue weighted by molar-refractivity contribution is 7.12. The van der Waals surface area contributed by atoms with Crippen molar-refractivity contribution in [3.05, 3.63) is 45.6 Å². The highest BCUT2D eigenvalue weighted by Crippen LogP contribution is 2.25. The predicted molar refractivity (Wildman–Crippen MR) is 90.3 cm³/mol. The zero-order valence-electron chi connectivity index (χ0n) is 13.5. The van der Waals surface area contributed by atoms with Crippen LogP contribution in [0.25, 0.3) is 0 Å². The van der Waals surface area contributed by atoms with Crippen LogP contribution in [0, 0.1) is 13.8 Å². The number of hydrogen-bond donors (Lipinski definition) is 1. The second-order valence-electron chi connectivity index (χ2n) is 5.17. The molecule has 0 aliphatic heterocycles. The summed E-state index contributed by atoms with van der Waals surface area (Å²) in [6, 6.07) is 7.30. The fourth-order valence-electron chi connectivity index (χ4n) is 2.00. The largest absolute Gasteiger partial charge is 0.495 e. The second-order valence-corrected chi connectivity index (χ2v) is 6.09. The SMILES string of the molecule is COc1ccc(C)cc1NC(=O)C(C)OC(=O)c1sccc1C. The van der Waals surface area contributed by atoms with Gasteiger partial charge >= 0.3 is 5.97 Å². The van der Waals surface area contributed by atoms with E-state index in [1.165, 1.54) is 18.4 Å². The third kappa shape index (κ3) is 4.10. The Bertz CT molecular complexity index is 723. The first-order valence-electron chi connectivity index (χ1n) is 7.13. The maximum absolute atomic E-state index is 12.2. The van der Waals surface area contributed by atoms with Crippen molar-refractivity contribution in [1.82, 2.24) is 0 Å². The van der Waals surface area contributed by atoms with E-state index in [0.29, 0.717) is 16.3 Å². The molecule has 0 aliphatic carbocycles. The van der Waals surface area contributed by atoms with E-state index < -0.39 is 18.0 Å². The number of benzene rings is 1. The van der Waals surface area contributed by atoms with Crippen molar-refractivity contribution in [2.24, 2.45) is 0 Å². The Balaban J connectivity index is 2.04. The van der Waals surface area contributed by atoms with Crippen molar-refractivity contribution in [3.8, 4) is 5.75 Å². The van der Waals surface area contributed by atoms with Gasteiger partial charge in [0.2, 0.25) is 0 Å². The first-order valence-corrected chi connectivity index (χ1v) is 8.01. The number of hydrogen-bond acceptors (Lipinski definition) is 5. The zero-order chi connectivity index (χ0) is 17.0. The topological polar surface area (TPSA) is 64.6 Å². The monoisotopic (exact) mass is 333 g/mol. The molecule has 5 nitrogen and oxygen atoms in total. The van der Waals surface area contributed by atoms with E-state index in [0.717, 1.165) is 11.1 Å². The van der Waals surface area contributed by atoms with Gasteiger partial charge in [0.1, 0.15) is 10.6 Å². The molecule has 0 radical (unpaired) electrons. The van der Waals surface area contributed by atoms with Gasteiger partial charge in [-0.15, -0.1) is 11.3 Å². The lowest BCUT2D eigenvalue weighted by molar-refractivity contribution is -0.123. The quantitative estimate of drug-likeness (QED) is 0.850. The number of anilines is 1. The molecule has 0 aliphatic rings. The van der Waals surface area contributed by atoms with E-state index in [9.17, 15) is 9.59 Å². The van der Waals surface area contributed by atoms with Crippen LogP contribution in [0.2, 0.25) is 0 Å². The van der Waals surface area contributed by atoms with Crippen molar-refractivity contribution >= 4 is 28.9 Å². The van der Waals surface area contributed by atoms with Gasteiger partial charge in [0.25, 0.3) is 5.91 Å². The van der Waals surface area contributed by atoms with Crippen molar-refractivity contribution in [2.75, 3.05) is 12.4 Å². The molecule has 1 amide bonds. The van der Waals surface area contributed by atoms with Gasteiger partial charge in [-0.25, -0.2) is 4.79 Å². The second kappa shape index (κ2) is 7.28. The summed E-state index contributed by atoms with van der Waals surface area (Å²) in [7, 11) is 1.53. The third-order valence-electron chi connectivity index (χ3n) is 3.31. The lowest BCUT2D eigenvalue weighted by atomic mass is 10.2. The number of thiophene rings is 1. The molecule has 1 unspecified atom stereocenters. The number of carbonyl (C=O) groups is 2. The summed E-state index contributed by atoms with van der Waals surface area (Å²) < 4.78 is 10.4. The molecule has 2 aromatic rings. The third-order valence-corrected chi connectivity index (χ3v) is 4.31. The summed E-state index contributed by atoms with van der Waals surface area (Å²) in [6.07, 6.45) is -0.908. The molecule has 6 heteroatoms. The molecule has 0 spiro atoms. The standard InChI is InChI=1S/C17H19NO4S/c1-10-5-6-14(21-4)13(9-10)18-16(19)12(3)22-17(20)15-11(2)7-8-23-15/h5-9,12H,1-4H3,(H,18,19). The minimum atomic E-state index is -0.908. The van der Waals surface area contributed by atoms with Gasteiger partial charge in [-0.2, -0.15) is 0 Å². The van der Waals surface area contributed by atoms with E-state index in [-0.39, 0.29) is 0 Å². The van der Waals surface area contributed by atoms with E-state index in [4.69, 9.17) is 9.47 Å². The van der Waals surface area contributed by atoms with Crippen LogP contribution >= 0.6 is 11.3 Å². The number of amides is 1.